The van der Waals surface area contributed by atoms with Crippen LogP contribution in [0.5, 0.6) is 5.75 Å². The second-order valence-electron chi connectivity index (χ2n) is 6.86. The molecular formula is C20H31FO. The van der Waals surface area contributed by atoms with Crippen LogP contribution in [0.2, 0.25) is 0 Å². The molecular weight excluding hydrogens is 275 g/mol. The minimum Gasteiger partial charge on any atom is -0.491 e. The fourth-order valence-electron chi connectivity index (χ4n) is 3.81. The summed E-state index contributed by atoms with van der Waals surface area (Å²) in [7, 11) is 0. The molecule has 0 N–H and O–H groups in total. The summed E-state index contributed by atoms with van der Waals surface area (Å²) in [5.74, 6) is 1.98. The van der Waals surface area contributed by atoms with E-state index in [4.69, 9.17) is 4.74 Å². The Kier molecular flexibility index (Phi) is 6.72. The molecule has 0 bridgehead atoms. The van der Waals surface area contributed by atoms with E-state index in [1.165, 1.54) is 44.9 Å². The van der Waals surface area contributed by atoms with Crippen LogP contribution < -0.4 is 4.74 Å². The summed E-state index contributed by atoms with van der Waals surface area (Å²) < 4.78 is 19.3. The van der Waals surface area contributed by atoms with Gasteiger partial charge in [-0.2, -0.15) is 0 Å². The molecule has 1 saturated carbocycles. The Labute approximate surface area is 135 Å². The number of halogens is 1. The lowest BCUT2D eigenvalue weighted by Gasteiger charge is -2.28. The van der Waals surface area contributed by atoms with Crippen molar-refractivity contribution in [2.75, 3.05) is 6.61 Å². The van der Waals surface area contributed by atoms with Gasteiger partial charge in [-0.1, -0.05) is 45.4 Å². The van der Waals surface area contributed by atoms with E-state index in [9.17, 15) is 4.39 Å². The van der Waals surface area contributed by atoms with E-state index in [-0.39, 0.29) is 5.82 Å². The van der Waals surface area contributed by atoms with Gasteiger partial charge in [0, 0.05) is 0 Å². The normalized spacial score (nSPS) is 21.8. The standard InChI is InChI=1S/C20H31FO/c1-4-6-16-7-9-17(10-8-16)11-12-18-14-19(21)20(22-5-2)13-15(18)3/h13-14,16-17H,4-12H2,1-3H3. The van der Waals surface area contributed by atoms with Gasteiger partial charge in [0.05, 0.1) is 6.61 Å². The van der Waals surface area contributed by atoms with E-state index in [0.717, 1.165) is 29.4 Å². The molecule has 1 aliphatic rings. The first kappa shape index (κ1) is 17.3. The molecule has 0 aliphatic heterocycles. The average Bonchev–Trinajstić information content (AvgIpc) is 2.51. The Morgan fingerprint density at radius 3 is 2.27 bits per heavy atom. The van der Waals surface area contributed by atoms with Crippen molar-refractivity contribution in [3.8, 4) is 5.75 Å². The van der Waals surface area contributed by atoms with Crippen molar-refractivity contribution < 1.29 is 9.13 Å². The quantitative estimate of drug-likeness (QED) is 0.594. The third-order valence-corrected chi connectivity index (χ3v) is 5.18. The smallest absolute Gasteiger partial charge is 0.165 e. The van der Waals surface area contributed by atoms with Gasteiger partial charge in [0.15, 0.2) is 11.6 Å². The first-order valence-electron chi connectivity index (χ1n) is 9.05. The van der Waals surface area contributed by atoms with E-state index in [0.29, 0.717) is 12.4 Å². The van der Waals surface area contributed by atoms with Crippen molar-refractivity contribution in [1.82, 2.24) is 0 Å². The molecule has 22 heavy (non-hydrogen) atoms. The fourth-order valence-corrected chi connectivity index (χ4v) is 3.81. The maximum atomic E-state index is 14.0. The van der Waals surface area contributed by atoms with E-state index >= 15 is 0 Å². The molecule has 1 aliphatic carbocycles. The minimum absolute atomic E-state index is 0.214. The number of ether oxygens (including phenoxy) is 1. The van der Waals surface area contributed by atoms with Crippen LogP contribution in [-0.2, 0) is 6.42 Å². The van der Waals surface area contributed by atoms with E-state index in [1.807, 2.05) is 13.0 Å². The predicted molar refractivity (Wildman–Crippen MR) is 91.0 cm³/mol. The lowest BCUT2D eigenvalue weighted by Crippen LogP contribution is -2.15. The van der Waals surface area contributed by atoms with Gasteiger partial charge in [-0.25, -0.2) is 4.39 Å². The van der Waals surface area contributed by atoms with Crippen LogP contribution in [-0.4, -0.2) is 6.61 Å². The van der Waals surface area contributed by atoms with Crippen molar-refractivity contribution in [2.45, 2.75) is 72.1 Å². The molecule has 0 unspecified atom stereocenters. The molecule has 0 amide bonds. The third-order valence-electron chi connectivity index (χ3n) is 5.18. The molecule has 2 heteroatoms. The second kappa shape index (κ2) is 8.55. The molecule has 0 radical (unpaired) electrons. The Hall–Kier alpha value is -1.05. The van der Waals surface area contributed by atoms with Crippen molar-refractivity contribution in [2.24, 2.45) is 11.8 Å². The van der Waals surface area contributed by atoms with Crippen LogP contribution in [0.1, 0.15) is 69.9 Å². The SMILES string of the molecule is CCCC1CCC(CCc2cc(F)c(OCC)cc2C)CC1. The molecule has 0 spiro atoms. The van der Waals surface area contributed by atoms with Crippen LogP contribution in [0.25, 0.3) is 0 Å². The van der Waals surface area contributed by atoms with Gasteiger partial charge >= 0.3 is 0 Å². The number of rotatable bonds is 7. The summed E-state index contributed by atoms with van der Waals surface area (Å²) in [5.41, 5.74) is 2.31. The molecule has 0 saturated heterocycles. The molecule has 0 heterocycles. The van der Waals surface area contributed by atoms with E-state index < -0.39 is 0 Å². The van der Waals surface area contributed by atoms with Crippen LogP contribution in [0.3, 0.4) is 0 Å². The van der Waals surface area contributed by atoms with Crippen molar-refractivity contribution >= 4 is 0 Å². The number of benzene rings is 1. The molecule has 124 valence electrons. The zero-order valence-corrected chi connectivity index (χ0v) is 14.5. The second-order valence-corrected chi connectivity index (χ2v) is 6.86. The number of hydrogen-bond acceptors (Lipinski definition) is 1. The van der Waals surface area contributed by atoms with Crippen LogP contribution >= 0.6 is 0 Å². The van der Waals surface area contributed by atoms with Gasteiger partial charge in [-0.05, 0) is 61.8 Å². The molecule has 1 aromatic carbocycles. The summed E-state index contributed by atoms with van der Waals surface area (Å²) in [4.78, 5) is 0. The highest BCUT2D eigenvalue weighted by atomic mass is 19.1. The molecule has 0 aromatic heterocycles. The van der Waals surface area contributed by atoms with Gasteiger partial charge in [-0.3, -0.25) is 0 Å². The maximum absolute atomic E-state index is 14.0. The first-order valence-corrected chi connectivity index (χ1v) is 9.05. The lowest BCUT2D eigenvalue weighted by atomic mass is 9.78. The Morgan fingerprint density at radius 1 is 1.05 bits per heavy atom. The summed E-state index contributed by atoms with van der Waals surface area (Å²) in [6.45, 7) is 6.75. The Balaban J connectivity index is 1.86. The van der Waals surface area contributed by atoms with Crippen molar-refractivity contribution in [1.29, 1.82) is 0 Å². The highest BCUT2D eigenvalue weighted by Crippen LogP contribution is 2.34. The average molecular weight is 306 g/mol. The van der Waals surface area contributed by atoms with Crippen molar-refractivity contribution in [3.05, 3.63) is 29.1 Å². The predicted octanol–water partition coefficient (Wildman–Crippen LogP) is 6.07. The zero-order valence-electron chi connectivity index (χ0n) is 14.5. The summed E-state index contributed by atoms with van der Waals surface area (Å²) in [5, 5.41) is 0. The number of aryl methyl sites for hydroxylation is 2. The van der Waals surface area contributed by atoms with Gasteiger partial charge < -0.3 is 4.74 Å². The fraction of sp³-hybridized carbons (Fsp3) is 0.700. The Morgan fingerprint density at radius 2 is 1.68 bits per heavy atom. The number of hydrogen-bond donors (Lipinski definition) is 0. The van der Waals surface area contributed by atoms with Gasteiger partial charge in [0.2, 0.25) is 0 Å². The van der Waals surface area contributed by atoms with Crippen LogP contribution in [0, 0.1) is 24.6 Å². The largest absolute Gasteiger partial charge is 0.491 e. The van der Waals surface area contributed by atoms with Gasteiger partial charge in [0.1, 0.15) is 0 Å². The topological polar surface area (TPSA) is 9.23 Å². The van der Waals surface area contributed by atoms with E-state index in [1.54, 1.807) is 6.07 Å². The monoisotopic (exact) mass is 306 g/mol. The molecule has 1 fully saturated rings. The molecule has 0 atom stereocenters. The maximum Gasteiger partial charge on any atom is 0.165 e. The van der Waals surface area contributed by atoms with Gasteiger partial charge in [-0.15, -0.1) is 0 Å². The lowest BCUT2D eigenvalue weighted by molar-refractivity contribution is 0.252. The molecule has 1 aromatic rings. The molecule has 2 rings (SSSR count). The highest BCUT2D eigenvalue weighted by molar-refractivity contribution is 5.36. The molecule has 1 nitrogen and oxygen atoms in total. The Bertz CT molecular complexity index is 461. The summed E-state index contributed by atoms with van der Waals surface area (Å²) in [6.07, 6.45) is 10.4. The van der Waals surface area contributed by atoms with E-state index in [2.05, 4.69) is 13.8 Å². The van der Waals surface area contributed by atoms with Gasteiger partial charge in [0.25, 0.3) is 0 Å². The third kappa shape index (κ3) is 4.72. The van der Waals surface area contributed by atoms with Crippen molar-refractivity contribution in [3.63, 3.8) is 0 Å². The summed E-state index contributed by atoms with van der Waals surface area (Å²) >= 11 is 0. The van der Waals surface area contributed by atoms with Crippen LogP contribution in [0.15, 0.2) is 12.1 Å². The summed E-state index contributed by atoms with van der Waals surface area (Å²) in [6, 6.07) is 3.54. The minimum atomic E-state index is -0.214. The van der Waals surface area contributed by atoms with Crippen LogP contribution in [0.4, 0.5) is 4.39 Å². The first-order chi connectivity index (χ1) is 10.6. The highest BCUT2D eigenvalue weighted by Gasteiger charge is 2.20. The zero-order chi connectivity index (χ0) is 15.9.